The Bertz CT molecular complexity index is 903. The summed E-state index contributed by atoms with van der Waals surface area (Å²) in [7, 11) is 0. The number of aliphatic carboxylic acids is 1. The first-order valence-corrected chi connectivity index (χ1v) is 9.33. The third-order valence-corrected chi connectivity index (χ3v) is 4.52. The molecule has 2 amide bonds. The van der Waals surface area contributed by atoms with Crippen molar-refractivity contribution in [2.24, 2.45) is 0 Å². The van der Waals surface area contributed by atoms with Crippen molar-refractivity contribution in [3.63, 3.8) is 0 Å². The molecule has 0 bridgehead atoms. The van der Waals surface area contributed by atoms with E-state index in [4.69, 9.17) is 5.11 Å². The lowest BCUT2D eigenvalue weighted by molar-refractivity contribution is -0.138. The molecule has 0 fully saturated rings. The van der Waals surface area contributed by atoms with E-state index in [-0.39, 0.29) is 24.3 Å². The van der Waals surface area contributed by atoms with Crippen LogP contribution in [0.15, 0.2) is 53.4 Å². The van der Waals surface area contributed by atoms with Crippen LogP contribution in [0.4, 0.5) is 24.5 Å². The molecule has 0 heterocycles. The number of nitrogens with one attached hydrogen (secondary N) is 2. The van der Waals surface area contributed by atoms with Gasteiger partial charge in [-0.05, 0) is 36.4 Å². The van der Waals surface area contributed by atoms with Gasteiger partial charge in [0, 0.05) is 22.7 Å². The molecule has 0 aromatic heterocycles. The van der Waals surface area contributed by atoms with E-state index in [9.17, 15) is 27.6 Å². The minimum atomic E-state index is -4.50. The van der Waals surface area contributed by atoms with Crippen molar-refractivity contribution in [2.45, 2.75) is 23.9 Å². The summed E-state index contributed by atoms with van der Waals surface area (Å²) >= 11 is 1.14. The van der Waals surface area contributed by atoms with E-state index in [1.807, 2.05) is 0 Å². The van der Waals surface area contributed by atoms with Crippen LogP contribution in [0.3, 0.4) is 0 Å². The van der Waals surface area contributed by atoms with Crippen LogP contribution in [0.5, 0.6) is 0 Å². The molecule has 0 aliphatic rings. The lowest BCUT2D eigenvalue weighted by Crippen LogP contribution is -2.15. The molecule has 10 heteroatoms. The van der Waals surface area contributed by atoms with Gasteiger partial charge in [0.1, 0.15) is 0 Å². The monoisotopic (exact) mass is 426 g/mol. The van der Waals surface area contributed by atoms with Crippen LogP contribution < -0.4 is 10.6 Å². The molecular formula is C19H17F3N2O4S. The molecule has 6 nitrogen and oxygen atoms in total. The Kier molecular flexibility index (Phi) is 7.66. The van der Waals surface area contributed by atoms with E-state index >= 15 is 0 Å². The Labute approximate surface area is 168 Å². The summed E-state index contributed by atoms with van der Waals surface area (Å²) in [6.07, 6.45) is -4.94. The quantitative estimate of drug-likeness (QED) is 0.549. The number of alkyl halides is 3. The Morgan fingerprint density at radius 2 is 1.52 bits per heavy atom. The minimum absolute atomic E-state index is 0.0462. The number of hydrogen-bond acceptors (Lipinski definition) is 4. The van der Waals surface area contributed by atoms with Crippen molar-refractivity contribution >= 4 is 40.9 Å². The average molecular weight is 426 g/mol. The fraction of sp³-hybridized carbons (Fsp3) is 0.211. The third-order valence-electron chi connectivity index (χ3n) is 3.53. The van der Waals surface area contributed by atoms with E-state index in [1.165, 1.54) is 12.1 Å². The van der Waals surface area contributed by atoms with Crippen molar-refractivity contribution in [2.75, 3.05) is 16.4 Å². The highest BCUT2D eigenvalue weighted by Gasteiger charge is 2.30. The molecule has 0 unspecified atom stereocenters. The molecule has 2 aromatic carbocycles. The van der Waals surface area contributed by atoms with Gasteiger partial charge in [-0.3, -0.25) is 14.4 Å². The third kappa shape index (κ3) is 7.86. The number of benzene rings is 2. The fourth-order valence-electron chi connectivity index (χ4n) is 2.23. The summed E-state index contributed by atoms with van der Waals surface area (Å²) in [6.45, 7) is 0. The second kappa shape index (κ2) is 9.97. The number of carbonyl (C=O) groups excluding carboxylic acids is 2. The van der Waals surface area contributed by atoms with Gasteiger partial charge < -0.3 is 15.7 Å². The number of carbonyl (C=O) groups is 3. The maximum Gasteiger partial charge on any atom is 0.416 e. The smallest absolute Gasteiger partial charge is 0.416 e. The van der Waals surface area contributed by atoms with Gasteiger partial charge in [0.25, 0.3) is 0 Å². The molecule has 0 spiro atoms. The highest BCUT2D eigenvalue weighted by atomic mass is 32.2. The summed E-state index contributed by atoms with van der Waals surface area (Å²) < 4.78 is 38.1. The average Bonchev–Trinajstić information content (AvgIpc) is 2.65. The first-order valence-electron chi connectivity index (χ1n) is 8.35. The number of rotatable bonds is 8. The summed E-state index contributed by atoms with van der Waals surface area (Å²) in [4.78, 5) is 34.8. The Morgan fingerprint density at radius 1 is 0.897 bits per heavy atom. The maximum absolute atomic E-state index is 12.7. The SMILES string of the molecule is O=C(O)CCC(=O)Nc1cccc(SCC(=O)Nc2cccc(C(F)(F)F)c2)c1. The minimum Gasteiger partial charge on any atom is -0.481 e. The van der Waals surface area contributed by atoms with Crippen molar-refractivity contribution in [3.05, 3.63) is 54.1 Å². The standard InChI is InChI=1S/C19H17F3N2O4S/c20-19(21,22)12-3-1-4-13(9-12)24-17(26)11-29-15-6-2-5-14(10-15)23-16(25)7-8-18(27)28/h1-6,9-10H,7-8,11H2,(H,23,25)(H,24,26)(H,27,28). The van der Waals surface area contributed by atoms with Crippen LogP contribution in [0.1, 0.15) is 18.4 Å². The lowest BCUT2D eigenvalue weighted by atomic mass is 10.2. The van der Waals surface area contributed by atoms with E-state index in [2.05, 4.69) is 10.6 Å². The number of thioether (sulfide) groups is 1. The van der Waals surface area contributed by atoms with Crippen molar-refractivity contribution in [3.8, 4) is 0 Å². The van der Waals surface area contributed by atoms with Gasteiger partial charge >= 0.3 is 12.1 Å². The van der Waals surface area contributed by atoms with E-state index < -0.39 is 29.5 Å². The Balaban J connectivity index is 1.89. The molecule has 0 aliphatic carbocycles. The molecule has 154 valence electrons. The fourth-order valence-corrected chi connectivity index (χ4v) is 2.98. The summed E-state index contributed by atoms with van der Waals surface area (Å²) in [5.41, 5.74) is -0.358. The molecule has 0 atom stereocenters. The van der Waals surface area contributed by atoms with Gasteiger partial charge in [0.05, 0.1) is 17.7 Å². The van der Waals surface area contributed by atoms with Gasteiger partial charge in [0.2, 0.25) is 11.8 Å². The van der Waals surface area contributed by atoms with E-state index in [0.717, 1.165) is 23.9 Å². The topological polar surface area (TPSA) is 95.5 Å². The molecule has 0 saturated heterocycles. The van der Waals surface area contributed by atoms with Gasteiger partial charge in [-0.1, -0.05) is 12.1 Å². The molecule has 0 radical (unpaired) electrons. The Morgan fingerprint density at radius 3 is 2.17 bits per heavy atom. The first-order chi connectivity index (χ1) is 13.6. The number of anilines is 2. The lowest BCUT2D eigenvalue weighted by Gasteiger charge is -2.10. The molecule has 0 saturated carbocycles. The predicted molar refractivity (Wildman–Crippen MR) is 103 cm³/mol. The van der Waals surface area contributed by atoms with Gasteiger partial charge in [-0.2, -0.15) is 13.2 Å². The molecule has 0 aliphatic heterocycles. The number of halogens is 3. The summed E-state index contributed by atoms with van der Waals surface area (Å²) in [5.74, 6) is -2.05. The van der Waals surface area contributed by atoms with Crippen molar-refractivity contribution in [1.82, 2.24) is 0 Å². The van der Waals surface area contributed by atoms with Gasteiger partial charge in [-0.15, -0.1) is 11.8 Å². The first kappa shape index (κ1) is 22.3. The molecule has 2 rings (SSSR count). The number of hydrogen-bond donors (Lipinski definition) is 3. The number of carboxylic acids is 1. The second-order valence-electron chi connectivity index (χ2n) is 5.89. The van der Waals surface area contributed by atoms with Crippen LogP contribution in [0.2, 0.25) is 0 Å². The highest BCUT2D eigenvalue weighted by Crippen LogP contribution is 2.30. The summed E-state index contributed by atoms with van der Waals surface area (Å²) in [6, 6.07) is 10.9. The Hall–Kier alpha value is -3.01. The van der Waals surface area contributed by atoms with Crippen LogP contribution in [0, 0.1) is 0 Å². The normalized spacial score (nSPS) is 11.0. The number of carboxylic acid groups (broad SMARTS) is 1. The zero-order valence-electron chi connectivity index (χ0n) is 15.0. The zero-order chi connectivity index (χ0) is 21.4. The van der Waals surface area contributed by atoms with Crippen molar-refractivity contribution < 1.29 is 32.7 Å². The molecule has 3 N–H and O–H groups in total. The van der Waals surface area contributed by atoms with E-state index in [0.29, 0.717) is 10.6 Å². The second-order valence-corrected chi connectivity index (χ2v) is 6.93. The van der Waals surface area contributed by atoms with Crippen LogP contribution in [-0.4, -0.2) is 28.6 Å². The van der Waals surface area contributed by atoms with Crippen LogP contribution >= 0.6 is 11.8 Å². The molecule has 29 heavy (non-hydrogen) atoms. The van der Waals surface area contributed by atoms with Crippen LogP contribution in [0.25, 0.3) is 0 Å². The molecule has 2 aromatic rings. The van der Waals surface area contributed by atoms with Crippen molar-refractivity contribution in [1.29, 1.82) is 0 Å². The predicted octanol–water partition coefficient (Wildman–Crippen LogP) is 4.24. The zero-order valence-corrected chi connectivity index (χ0v) is 15.8. The highest BCUT2D eigenvalue weighted by molar-refractivity contribution is 8.00. The van der Waals surface area contributed by atoms with E-state index in [1.54, 1.807) is 24.3 Å². The van der Waals surface area contributed by atoms with Crippen LogP contribution in [-0.2, 0) is 20.6 Å². The summed E-state index contributed by atoms with van der Waals surface area (Å²) in [5, 5.41) is 13.6. The van der Waals surface area contributed by atoms with Gasteiger partial charge in [-0.25, -0.2) is 0 Å². The van der Waals surface area contributed by atoms with Gasteiger partial charge in [0.15, 0.2) is 0 Å². The molecular weight excluding hydrogens is 409 g/mol. The number of amides is 2. The maximum atomic E-state index is 12.7. The largest absolute Gasteiger partial charge is 0.481 e.